The summed E-state index contributed by atoms with van der Waals surface area (Å²) in [5, 5.41) is 16.4. The van der Waals surface area contributed by atoms with E-state index < -0.39 is 24.3 Å². The number of ketones is 1. The Balaban J connectivity index is 2.79. The number of esters is 1. The van der Waals surface area contributed by atoms with Crippen LogP contribution in [0.1, 0.15) is 17.3 Å². The van der Waals surface area contributed by atoms with Crippen molar-refractivity contribution in [3.63, 3.8) is 0 Å². The number of carbonyl (C=O) groups is 2. The third-order valence-electron chi connectivity index (χ3n) is 2.61. The first-order valence-corrected chi connectivity index (χ1v) is 6.26. The summed E-state index contributed by atoms with van der Waals surface area (Å²) in [5.74, 6) is -2.39. The maximum Gasteiger partial charge on any atom is 0.342 e. The van der Waals surface area contributed by atoms with Gasteiger partial charge in [0.15, 0.2) is 12.4 Å². The Morgan fingerprint density at radius 1 is 1.48 bits per heavy atom. The molecule has 7 heteroatoms. The monoisotopic (exact) mass is 308 g/mol. The van der Waals surface area contributed by atoms with Crippen molar-refractivity contribution in [1.29, 1.82) is 10.7 Å². The van der Waals surface area contributed by atoms with Crippen molar-refractivity contribution in [3.8, 4) is 11.8 Å². The van der Waals surface area contributed by atoms with Crippen LogP contribution in [0.5, 0.6) is 5.75 Å². The average Bonchev–Trinajstić information content (AvgIpc) is 2.45. The SMILES string of the molecule is COc1ccc(Cl)cc1C(=O)OCC(=O)C(C#N)C(C)=N. The van der Waals surface area contributed by atoms with Crippen molar-refractivity contribution >= 4 is 29.1 Å². The Labute approximate surface area is 126 Å². The van der Waals surface area contributed by atoms with Crippen LogP contribution < -0.4 is 4.74 Å². The smallest absolute Gasteiger partial charge is 0.342 e. The topological polar surface area (TPSA) is 100 Å². The van der Waals surface area contributed by atoms with Crippen LogP contribution in [-0.2, 0) is 9.53 Å². The molecule has 21 heavy (non-hydrogen) atoms. The Hall–Kier alpha value is -2.39. The van der Waals surface area contributed by atoms with Gasteiger partial charge in [0.05, 0.1) is 13.2 Å². The molecule has 0 aliphatic carbocycles. The van der Waals surface area contributed by atoms with E-state index >= 15 is 0 Å². The molecule has 0 aliphatic heterocycles. The van der Waals surface area contributed by atoms with Crippen LogP contribution >= 0.6 is 11.6 Å². The summed E-state index contributed by atoms with van der Waals surface area (Å²) in [7, 11) is 1.38. The molecule has 6 nitrogen and oxygen atoms in total. The molecule has 0 amide bonds. The Morgan fingerprint density at radius 3 is 2.67 bits per heavy atom. The van der Waals surface area contributed by atoms with Gasteiger partial charge in [-0.1, -0.05) is 11.6 Å². The molecular weight excluding hydrogens is 296 g/mol. The normalized spacial score (nSPS) is 11.1. The number of halogens is 1. The molecule has 1 aromatic rings. The van der Waals surface area contributed by atoms with E-state index in [9.17, 15) is 9.59 Å². The van der Waals surface area contributed by atoms with Crippen LogP contribution in [0.25, 0.3) is 0 Å². The summed E-state index contributed by atoms with van der Waals surface area (Å²) < 4.78 is 9.85. The van der Waals surface area contributed by atoms with Gasteiger partial charge < -0.3 is 14.9 Å². The Morgan fingerprint density at radius 2 is 2.14 bits per heavy atom. The fourth-order valence-corrected chi connectivity index (χ4v) is 1.72. The van der Waals surface area contributed by atoms with Gasteiger partial charge in [-0.2, -0.15) is 5.26 Å². The van der Waals surface area contributed by atoms with E-state index in [1.807, 2.05) is 0 Å². The van der Waals surface area contributed by atoms with Gasteiger partial charge in [0, 0.05) is 10.7 Å². The highest BCUT2D eigenvalue weighted by Gasteiger charge is 2.22. The van der Waals surface area contributed by atoms with Crippen molar-refractivity contribution < 1.29 is 19.1 Å². The number of nitrogens with zero attached hydrogens (tertiary/aromatic N) is 1. The first-order chi connectivity index (χ1) is 9.90. The molecule has 1 rings (SSSR count). The first kappa shape index (κ1) is 16.7. The van der Waals surface area contributed by atoms with E-state index in [1.165, 1.54) is 26.2 Å². The summed E-state index contributed by atoms with van der Waals surface area (Å²) in [6.45, 7) is 0.747. The van der Waals surface area contributed by atoms with Crippen LogP contribution in [0.4, 0.5) is 0 Å². The molecule has 0 bridgehead atoms. The Kier molecular flexibility index (Phi) is 5.88. The molecular formula is C14H13ClN2O4. The number of nitrogens with one attached hydrogen (secondary N) is 1. The maximum absolute atomic E-state index is 11.9. The zero-order valence-corrected chi connectivity index (χ0v) is 12.2. The zero-order chi connectivity index (χ0) is 16.0. The summed E-state index contributed by atoms with van der Waals surface area (Å²) >= 11 is 5.79. The molecule has 0 heterocycles. The average molecular weight is 309 g/mol. The highest BCUT2D eigenvalue weighted by atomic mass is 35.5. The molecule has 1 unspecified atom stereocenters. The fourth-order valence-electron chi connectivity index (χ4n) is 1.55. The van der Waals surface area contributed by atoms with Gasteiger partial charge in [0.1, 0.15) is 17.2 Å². The van der Waals surface area contributed by atoms with E-state index in [1.54, 1.807) is 12.1 Å². The lowest BCUT2D eigenvalue weighted by Gasteiger charge is -2.10. The van der Waals surface area contributed by atoms with Gasteiger partial charge in [-0.15, -0.1) is 0 Å². The van der Waals surface area contributed by atoms with E-state index in [4.69, 9.17) is 31.7 Å². The molecule has 1 N–H and O–H groups in total. The van der Waals surface area contributed by atoms with Crippen LogP contribution in [0.2, 0.25) is 5.02 Å². The maximum atomic E-state index is 11.9. The highest BCUT2D eigenvalue weighted by molar-refractivity contribution is 6.31. The third-order valence-corrected chi connectivity index (χ3v) is 2.85. The third kappa shape index (κ3) is 4.29. The van der Waals surface area contributed by atoms with Crippen LogP contribution in [0.3, 0.4) is 0 Å². The summed E-state index contributed by atoms with van der Waals surface area (Å²) in [5.41, 5.74) is -0.0169. The molecule has 0 spiro atoms. The molecule has 1 atom stereocenters. The minimum absolute atomic E-state index is 0.0814. The number of carbonyl (C=O) groups excluding carboxylic acids is 2. The van der Waals surface area contributed by atoms with Gasteiger partial charge in [-0.05, 0) is 25.1 Å². The molecule has 0 radical (unpaired) electrons. The van der Waals surface area contributed by atoms with Crippen LogP contribution in [-0.4, -0.2) is 31.2 Å². The second kappa shape index (κ2) is 7.41. The van der Waals surface area contributed by atoms with E-state index in [-0.39, 0.29) is 17.0 Å². The number of hydrogen-bond donors (Lipinski definition) is 1. The predicted molar refractivity (Wildman–Crippen MR) is 75.8 cm³/mol. The van der Waals surface area contributed by atoms with E-state index in [0.717, 1.165) is 0 Å². The highest BCUT2D eigenvalue weighted by Crippen LogP contribution is 2.23. The quantitative estimate of drug-likeness (QED) is 0.641. The predicted octanol–water partition coefficient (Wildman–Crippen LogP) is 2.25. The molecule has 1 aromatic carbocycles. The molecule has 0 saturated carbocycles. The van der Waals surface area contributed by atoms with Gasteiger partial charge in [-0.3, -0.25) is 4.79 Å². The summed E-state index contributed by atoms with van der Waals surface area (Å²) in [6, 6.07) is 6.09. The number of Topliss-reactive ketones (excluding diaryl/α,β-unsaturated/α-hetero) is 1. The molecule has 110 valence electrons. The standard InChI is InChI=1S/C14H13ClN2O4/c1-8(17)11(6-16)12(18)7-21-14(19)10-5-9(15)3-4-13(10)20-2/h3-5,11,17H,7H2,1-2H3. The lowest BCUT2D eigenvalue weighted by Crippen LogP contribution is -2.25. The number of nitriles is 1. The summed E-state index contributed by atoms with van der Waals surface area (Å²) in [6.07, 6.45) is 0. The number of methoxy groups -OCH3 is 1. The van der Waals surface area contributed by atoms with Crippen molar-refractivity contribution in [2.24, 2.45) is 5.92 Å². The molecule has 0 aromatic heterocycles. The largest absolute Gasteiger partial charge is 0.496 e. The minimum Gasteiger partial charge on any atom is -0.496 e. The summed E-state index contributed by atoms with van der Waals surface area (Å²) in [4.78, 5) is 23.6. The number of hydrogen-bond acceptors (Lipinski definition) is 6. The van der Waals surface area contributed by atoms with Crippen molar-refractivity contribution in [1.82, 2.24) is 0 Å². The lowest BCUT2D eigenvalue weighted by atomic mass is 10.0. The number of ether oxygens (including phenoxy) is 2. The lowest BCUT2D eigenvalue weighted by molar-refractivity contribution is -0.122. The van der Waals surface area contributed by atoms with Crippen molar-refractivity contribution in [3.05, 3.63) is 28.8 Å². The molecule has 0 saturated heterocycles. The van der Waals surface area contributed by atoms with Gasteiger partial charge in [0.25, 0.3) is 0 Å². The molecule has 0 fully saturated rings. The van der Waals surface area contributed by atoms with Crippen molar-refractivity contribution in [2.75, 3.05) is 13.7 Å². The Bertz CT molecular complexity index is 622. The molecule has 0 aliphatic rings. The number of benzene rings is 1. The van der Waals surface area contributed by atoms with Crippen LogP contribution in [0, 0.1) is 22.7 Å². The van der Waals surface area contributed by atoms with E-state index in [0.29, 0.717) is 5.02 Å². The van der Waals surface area contributed by atoms with Gasteiger partial charge >= 0.3 is 5.97 Å². The minimum atomic E-state index is -1.21. The van der Waals surface area contributed by atoms with Gasteiger partial charge in [0.2, 0.25) is 0 Å². The second-order valence-corrected chi connectivity index (χ2v) is 4.57. The number of rotatable bonds is 6. The fraction of sp³-hybridized carbons (Fsp3) is 0.286. The van der Waals surface area contributed by atoms with E-state index in [2.05, 4.69) is 0 Å². The zero-order valence-electron chi connectivity index (χ0n) is 11.5. The first-order valence-electron chi connectivity index (χ1n) is 5.88. The second-order valence-electron chi connectivity index (χ2n) is 4.13. The van der Waals surface area contributed by atoms with Crippen LogP contribution in [0.15, 0.2) is 18.2 Å². The van der Waals surface area contributed by atoms with Crippen molar-refractivity contribution in [2.45, 2.75) is 6.92 Å². The van der Waals surface area contributed by atoms with Gasteiger partial charge in [-0.25, -0.2) is 4.79 Å².